The Balaban J connectivity index is 1.71. The first-order chi connectivity index (χ1) is 12.8. The number of benzene rings is 3. The number of amides is 2. The minimum absolute atomic E-state index is 0.129. The van der Waals surface area contributed by atoms with Crippen LogP contribution < -0.4 is 15.0 Å². The predicted octanol–water partition coefficient (Wildman–Crippen LogP) is 4.61. The van der Waals surface area contributed by atoms with Crippen LogP contribution in [0.3, 0.4) is 0 Å². The standard InChI is InChI=1S/C22H22N2O2/c1-26-21-14-12-18(13-15-21)16-23-22(25)24(20-10-6-3-7-11-20)17-19-8-4-2-5-9-19/h2-15H,16-17H2,1H3,(H,23,25). The van der Waals surface area contributed by atoms with Crippen LogP contribution in [0.5, 0.6) is 5.75 Å². The highest BCUT2D eigenvalue weighted by Gasteiger charge is 2.15. The lowest BCUT2D eigenvalue weighted by Crippen LogP contribution is -2.39. The molecule has 0 aliphatic rings. The Morgan fingerprint density at radius 1 is 0.846 bits per heavy atom. The first kappa shape index (κ1) is 17.5. The normalized spacial score (nSPS) is 10.2. The number of nitrogens with zero attached hydrogens (tertiary/aromatic N) is 1. The van der Waals surface area contributed by atoms with E-state index in [0.29, 0.717) is 13.1 Å². The molecule has 0 fully saturated rings. The van der Waals surface area contributed by atoms with Crippen LogP contribution in [0, 0.1) is 0 Å². The fourth-order valence-electron chi connectivity index (χ4n) is 2.67. The molecule has 0 radical (unpaired) electrons. The van der Waals surface area contributed by atoms with E-state index in [4.69, 9.17) is 4.74 Å². The first-order valence-corrected chi connectivity index (χ1v) is 8.53. The van der Waals surface area contributed by atoms with Crippen molar-refractivity contribution in [3.8, 4) is 5.75 Å². The number of methoxy groups -OCH3 is 1. The van der Waals surface area contributed by atoms with Gasteiger partial charge in [0.05, 0.1) is 13.7 Å². The topological polar surface area (TPSA) is 41.6 Å². The highest BCUT2D eigenvalue weighted by molar-refractivity contribution is 5.91. The van der Waals surface area contributed by atoms with E-state index in [1.807, 2.05) is 84.9 Å². The Hall–Kier alpha value is -3.27. The quantitative estimate of drug-likeness (QED) is 0.708. The third-order valence-electron chi connectivity index (χ3n) is 4.10. The molecule has 0 atom stereocenters. The average Bonchev–Trinajstić information content (AvgIpc) is 2.72. The fraction of sp³-hybridized carbons (Fsp3) is 0.136. The van der Waals surface area contributed by atoms with E-state index in [9.17, 15) is 4.79 Å². The third-order valence-corrected chi connectivity index (χ3v) is 4.10. The molecule has 0 spiro atoms. The minimum Gasteiger partial charge on any atom is -0.497 e. The number of anilines is 1. The van der Waals surface area contributed by atoms with Gasteiger partial charge in [0.2, 0.25) is 0 Å². The van der Waals surface area contributed by atoms with Crippen molar-refractivity contribution in [1.29, 1.82) is 0 Å². The van der Waals surface area contributed by atoms with Gasteiger partial charge in [0.25, 0.3) is 0 Å². The van der Waals surface area contributed by atoms with Crippen LogP contribution in [0.25, 0.3) is 0 Å². The molecule has 2 amide bonds. The molecule has 0 bridgehead atoms. The fourth-order valence-corrected chi connectivity index (χ4v) is 2.67. The van der Waals surface area contributed by atoms with Crippen LogP contribution in [0.4, 0.5) is 10.5 Å². The Labute approximate surface area is 154 Å². The first-order valence-electron chi connectivity index (χ1n) is 8.53. The van der Waals surface area contributed by atoms with Crippen molar-refractivity contribution in [3.05, 3.63) is 96.1 Å². The number of hydrogen-bond acceptors (Lipinski definition) is 2. The molecule has 0 saturated carbocycles. The molecule has 3 aromatic rings. The van der Waals surface area contributed by atoms with Gasteiger partial charge >= 0.3 is 6.03 Å². The summed E-state index contributed by atoms with van der Waals surface area (Å²) < 4.78 is 5.16. The summed E-state index contributed by atoms with van der Waals surface area (Å²) in [6.07, 6.45) is 0. The molecule has 4 heteroatoms. The van der Waals surface area contributed by atoms with Gasteiger partial charge in [0.15, 0.2) is 0 Å². The van der Waals surface area contributed by atoms with E-state index in [1.54, 1.807) is 12.0 Å². The number of urea groups is 1. The number of nitrogens with one attached hydrogen (secondary N) is 1. The molecule has 0 unspecified atom stereocenters. The van der Waals surface area contributed by atoms with E-state index in [-0.39, 0.29) is 6.03 Å². The number of carbonyl (C=O) groups excluding carboxylic acids is 1. The lowest BCUT2D eigenvalue weighted by Gasteiger charge is -2.23. The molecule has 0 aromatic heterocycles. The van der Waals surface area contributed by atoms with E-state index in [1.165, 1.54) is 0 Å². The van der Waals surface area contributed by atoms with Gasteiger partial charge in [-0.1, -0.05) is 60.7 Å². The molecule has 0 heterocycles. The summed E-state index contributed by atoms with van der Waals surface area (Å²) in [5.41, 5.74) is 2.96. The van der Waals surface area contributed by atoms with Gasteiger partial charge < -0.3 is 10.1 Å². The molecule has 26 heavy (non-hydrogen) atoms. The second-order valence-corrected chi connectivity index (χ2v) is 5.91. The summed E-state index contributed by atoms with van der Waals surface area (Å²) in [5.74, 6) is 0.801. The summed E-state index contributed by atoms with van der Waals surface area (Å²) >= 11 is 0. The number of para-hydroxylation sites is 1. The Morgan fingerprint density at radius 2 is 1.46 bits per heavy atom. The molecule has 3 rings (SSSR count). The lowest BCUT2D eigenvalue weighted by molar-refractivity contribution is 0.245. The molecule has 132 valence electrons. The molecular weight excluding hydrogens is 324 g/mol. The lowest BCUT2D eigenvalue weighted by atomic mass is 10.2. The van der Waals surface area contributed by atoms with Crippen molar-refractivity contribution in [1.82, 2.24) is 5.32 Å². The maximum absolute atomic E-state index is 12.8. The van der Waals surface area contributed by atoms with Gasteiger partial charge in [0.1, 0.15) is 5.75 Å². The van der Waals surface area contributed by atoms with E-state index in [2.05, 4.69) is 5.32 Å². The predicted molar refractivity (Wildman–Crippen MR) is 104 cm³/mol. The summed E-state index contributed by atoms with van der Waals surface area (Å²) in [6, 6.07) is 27.2. The summed E-state index contributed by atoms with van der Waals surface area (Å²) in [7, 11) is 1.64. The zero-order chi connectivity index (χ0) is 18.2. The highest BCUT2D eigenvalue weighted by atomic mass is 16.5. The molecular formula is C22H22N2O2. The Kier molecular flexibility index (Phi) is 5.88. The molecule has 0 aliphatic heterocycles. The molecule has 0 aliphatic carbocycles. The molecule has 1 N–H and O–H groups in total. The second kappa shape index (κ2) is 8.72. The number of ether oxygens (including phenoxy) is 1. The molecule has 4 nitrogen and oxygen atoms in total. The van der Waals surface area contributed by atoms with Crippen LogP contribution in [0.2, 0.25) is 0 Å². The second-order valence-electron chi connectivity index (χ2n) is 5.91. The summed E-state index contributed by atoms with van der Waals surface area (Å²) in [6.45, 7) is 0.972. The minimum atomic E-state index is -0.129. The van der Waals surface area contributed by atoms with Gasteiger partial charge in [-0.3, -0.25) is 4.90 Å². The maximum atomic E-state index is 12.8. The monoisotopic (exact) mass is 346 g/mol. The third kappa shape index (κ3) is 4.63. The summed E-state index contributed by atoms with van der Waals surface area (Å²) in [4.78, 5) is 14.6. The largest absolute Gasteiger partial charge is 0.497 e. The summed E-state index contributed by atoms with van der Waals surface area (Å²) in [5, 5.41) is 3.00. The number of rotatable bonds is 6. The van der Waals surface area contributed by atoms with Gasteiger partial charge in [-0.05, 0) is 35.4 Å². The SMILES string of the molecule is COc1ccc(CNC(=O)N(Cc2ccccc2)c2ccccc2)cc1. The van der Waals surface area contributed by atoms with Crippen molar-refractivity contribution in [2.24, 2.45) is 0 Å². The van der Waals surface area contributed by atoms with E-state index >= 15 is 0 Å². The van der Waals surface area contributed by atoms with Crippen LogP contribution in [0.1, 0.15) is 11.1 Å². The van der Waals surface area contributed by atoms with Gasteiger partial charge in [0, 0.05) is 12.2 Å². The Morgan fingerprint density at radius 3 is 2.08 bits per heavy atom. The number of carbonyl (C=O) groups is 1. The van der Waals surface area contributed by atoms with E-state index < -0.39 is 0 Å². The van der Waals surface area contributed by atoms with Crippen molar-refractivity contribution in [3.63, 3.8) is 0 Å². The molecule has 3 aromatic carbocycles. The van der Waals surface area contributed by atoms with E-state index in [0.717, 1.165) is 22.6 Å². The van der Waals surface area contributed by atoms with Gasteiger partial charge in [-0.25, -0.2) is 4.79 Å². The van der Waals surface area contributed by atoms with Crippen molar-refractivity contribution in [2.75, 3.05) is 12.0 Å². The Bertz CT molecular complexity index is 818. The highest BCUT2D eigenvalue weighted by Crippen LogP contribution is 2.17. The zero-order valence-electron chi connectivity index (χ0n) is 14.8. The van der Waals surface area contributed by atoms with Crippen molar-refractivity contribution < 1.29 is 9.53 Å². The van der Waals surface area contributed by atoms with Gasteiger partial charge in [-0.15, -0.1) is 0 Å². The number of hydrogen-bond donors (Lipinski definition) is 1. The van der Waals surface area contributed by atoms with Crippen molar-refractivity contribution >= 4 is 11.7 Å². The maximum Gasteiger partial charge on any atom is 0.322 e. The van der Waals surface area contributed by atoms with Crippen LogP contribution in [-0.2, 0) is 13.1 Å². The van der Waals surface area contributed by atoms with Crippen LogP contribution in [-0.4, -0.2) is 13.1 Å². The zero-order valence-corrected chi connectivity index (χ0v) is 14.8. The van der Waals surface area contributed by atoms with Crippen molar-refractivity contribution in [2.45, 2.75) is 13.1 Å². The van der Waals surface area contributed by atoms with Gasteiger partial charge in [-0.2, -0.15) is 0 Å². The van der Waals surface area contributed by atoms with Crippen LogP contribution >= 0.6 is 0 Å². The van der Waals surface area contributed by atoms with Crippen LogP contribution in [0.15, 0.2) is 84.9 Å². The molecule has 0 saturated heterocycles. The smallest absolute Gasteiger partial charge is 0.322 e. The average molecular weight is 346 g/mol.